The Morgan fingerprint density at radius 2 is 1.92 bits per heavy atom. The van der Waals surface area contributed by atoms with Gasteiger partial charge in [0, 0.05) is 37.5 Å². The van der Waals surface area contributed by atoms with E-state index in [2.05, 4.69) is 16.7 Å². The lowest BCUT2D eigenvalue weighted by atomic mass is 9.97. The molecule has 0 aliphatic carbocycles. The topological polar surface area (TPSA) is 61.4 Å². The van der Waals surface area contributed by atoms with Crippen LogP contribution in [0.25, 0.3) is 0 Å². The summed E-state index contributed by atoms with van der Waals surface area (Å²) in [6.45, 7) is 7.32. The molecule has 1 heterocycles. The van der Waals surface area contributed by atoms with Crippen LogP contribution in [0, 0.1) is 0 Å². The number of ketones is 1. The highest BCUT2D eigenvalue weighted by molar-refractivity contribution is 5.98. The smallest absolute Gasteiger partial charge is 0.223 e. The van der Waals surface area contributed by atoms with Crippen LogP contribution in [-0.2, 0) is 17.6 Å². The minimum absolute atomic E-state index is 0.0527. The Labute approximate surface area is 151 Å². The van der Waals surface area contributed by atoms with E-state index in [0.29, 0.717) is 13.1 Å². The summed E-state index contributed by atoms with van der Waals surface area (Å²) in [7, 11) is 1.89. The van der Waals surface area contributed by atoms with Crippen molar-refractivity contribution in [3.05, 3.63) is 34.9 Å². The number of amides is 1. The molecule has 5 heteroatoms. The lowest BCUT2D eigenvalue weighted by molar-refractivity contribution is -0.131. The number of hydrogen-bond donors (Lipinski definition) is 2. The van der Waals surface area contributed by atoms with Crippen molar-refractivity contribution in [1.29, 1.82) is 0 Å². The Bertz CT molecular complexity index is 601. The minimum Gasteiger partial charge on any atom is -0.341 e. The van der Waals surface area contributed by atoms with Crippen molar-refractivity contribution in [1.82, 2.24) is 15.5 Å². The number of hydrogen-bond acceptors (Lipinski definition) is 4. The first-order valence-electron chi connectivity index (χ1n) is 9.36. The molecule has 0 aromatic heterocycles. The standard InChI is InChI=1S/C20H31N3O2/c1-4-23(14-15(2)21-3)20(25)8-7-19(24)18-6-5-16-9-11-22-12-10-17(16)13-18/h5-6,13,15,21-22H,4,7-12,14H2,1-3H3. The van der Waals surface area contributed by atoms with Crippen LogP contribution in [0.1, 0.15) is 48.2 Å². The van der Waals surface area contributed by atoms with Gasteiger partial charge in [0.25, 0.3) is 0 Å². The maximum atomic E-state index is 12.5. The van der Waals surface area contributed by atoms with E-state index in [4.69, 9.17) is 0 Å². The summed E-state index contributed by atoms with van der Waals surface area (Å²) in [5.41, 5.74) is 3.33. The molecule has 1 aliphatic rings. The number of nitrogens with zero attached hydrogens (tertiary/aromatic N) is 1. The van der Waals surface area contributed by atoms with Gasteiger partial charge in [-0.25, -0.2) is 0 Å². The van der Waals surface area contributed by atoms with E-state index in [1.165, 1.54) is 11.1 Å². The van der Waals surface area contributed by atoms with Crippen LogP contribution in [0.3, 0.4) is 0 Å². The number of rotatable bonds is 8. The predicted molar refractivity (Wildman–Crippen MR) is 101 cm³/mol. The average Bonchev–Trinajstić information content (AvgIpc) is 2.88. The highest BCUT2D eigenvalue weighted by Crippen LogP contribution is 2.17. The molecule has 0 spiro atoms. The SMILES string of the molecule is CCN(CC(C)NC)C(=O)CCC(=O)c1ccc2c(c1)CCNCC2. The average molecular weight is 345 g/mol. The van der Waals surface area contributed by atoms with Crippen LogP contribution in [0.4, 0.5) is 0 Å². The Hall–Kier alpha value is -1.72. The van der Waals surface area contributed by atoms with Crippen LogP contribution in [0.2, 0.25) is 0 Å². The van der Waals surface area contributed by atoms with Gasteiger partial charge in [-0.3, -0.25) is 9.59 Å². The largest absolute Gasteiger partial charge is 0.341 e. The lowest BCUT2D eigenvalue weighted by Gasteiger charge is -2.24. The van der Waals surface area contributed by atoms with E-state index >= 15 is 0 Å². The third-order valence-corrected chi connectivity index (χ3v) is 4.96. The molecule has 0 bridgehead atoms. The van der Waals surface area contributed by atoms with E-state index < -0.39 is 0 Å². The Balaban J connectivity index is 1.93. The molecule has 1 aromatic rings. The van der Waals surface area contributed by atoms with E-state index in [9.17, 15) is 9.59 Å². The molecule has 1 atom stereocenters. The molecule has 5 nitrogen and oxygen atoms in total. The van der Waals surface area contributed by atoms with Crippen molar-refractivity contribution in [3.8, 4) is 0 Å². The van der Waals surface area contributed by atoms with Gasteiger partial charge in [-0.2, -0.15) is 0 Å². The Morgan fingerprint density at radius 3 is 2.60 bits per heavy atom. The van der Waals surface area contributed by atoms with Crippen LogP contribution in [0.5, 0.6) is 0 Å². The van der Waals surface area contributed by atoms with Crippen molar-refractivity contribution >= 4 is 11.7 Å². The van der Waals surface area contributed by atoms with Crippen LogP contribution in [0.15, 0.2) is 18.2 Å². The van der Waals surface area contributed by atoms with Gasteiger partial charge in [0.05, 0.1) is 0 Å². The Kier molecular flexibility index (Phi) is 7.59. The van der Waals surface area contributed by atoms with Gasteiger partial charge in [-0.1, -0.05) is 12.1 Å². The summed E-state index contributed by atoms with van der Waals surface area (Å²) in [5, 5.41) is 6.53. The first kappa shape index (κ1) is 19.6. The molecule has 0 saturated carbocycles. The van der Waals surface area contributed by atoms with Gasteiger partial charge in [-0.05, 0) is 64.0 Å². The molecule has 1 aliphatic heterocycles. The fourth-order valence-corrected chi connectivity index (χ4v) is 3.20. The molecule has 1 aromatic carbocycles. The van der Waals surface area contributed by atoms with Gasteiger partial charge in [-0.15, -0.1) is 0 Å². The lowest BCUT2D eigenvalue weighted by Crippen LogP contribution is -2.41. The number of carbonyl (C=O) groups excluding carboxylic acids is 2. The summed E-state index contributed by atoms with van der Waals surface area (Å²) in [4.78, 5) is 26.7. The fourth-order valence-electron chi connectivity index (χ4n) is 3.20. The summed E-state index contributed by atoms with van der Waals surface area (Å²) < 4.78 is 0. The second kappa shape index (κ2) is 9.68. The van der Waals surface area contributed by atoms with Crippen molar-refractivity contribution in [2.75, 3.05) is 33.2 Å². The number of carbonyl (C=O) groups is 2. The first-order valence-corrected chi connectivity index (χ1v) is 9.36. The summed E-state index contributed by atoms with van der Waals surface area (Å²) >= 11 is 0. The molecule has 2 N–H and O–H groups in total. The second-order valence-corrected chi connectivity index (χ2v) is 6.78. The van der Waals surface area contributed by atoms with Gasteiger partial charge in [0.2, 0.25) is 5.91 Å². The normalized spacial score (nSPS) is 15.2. The van der Waals surface area contributed by atoms with Gasteiger partial charge >= 0.3 is 0 Å². The zero-order chi connectivity index (χ0) is 18.2. The zero-order valence-electron chi connectivity index (χ0n) is 15.7. The number of nitrogens with one attached hydrogen (secondary N) is 2. The highest BCUT2D eigenvalue weighted by Gasteiger charge is 2.17. The van der Waals surface area contributed by atoms with Crippen molar-refractivity contribution in [2.24, 2.45) is 0 Å². The van der Waals surface area contributed by atoms with Gasteiger partial charge < -0.3 is 15.5 Å². The van der Waals surface area contributed by atoms with Gasteiger partial charge in [0.1, 0.15) is 0 Å². The summed E-state index contributed by atoms with van der Waals surface area (Å²) in [5.74, 6) is 0.114. The van der Waals surface area contributed by atoms with E-state index in [1.807, 2.05) is 37.9 Å². The maximum absolute atomic E-state index is 12.5. The summed E-state index contributed by atoms with van der Waals surface area (Å²) in [6, 6.07) is 6.26. The molecule has 0 saturated heterocycles. The van der Waals surface area contributed by atoms with Crippen LogP contribution >= 0.6 is 0 Å². The molecule has 25 heavy (non-hydrogen) atoms. The highest BCUT2D eigenvalue weighted by atomic mass is 16.2. The summed E-state index contributed by atoms with van der Waals surface area (Å²) in [6.07, 6.45) is 2.53. The zero-order valence-corrected chi connectivity index (χ0v) is 15.7. The quantitative estimate of drug-likeness (QED) is 0.705. The molecule has 138 valence electrons. The number of likely N-dealkylation sites (N-methyl/N-ethyl adjacent to an activating group) is 2. The third-order valence-electron chi connectivity index (χ3n) is 4.96. The number of fused-ring (bicyclic) bond motifs is 1. The van der Waals surface area contributed by atoms with Crippen LogP contribution in [-0.4, -0.2) is 55.9 Å². The van der Waals surface area contributed by atoms with E-state index in [1.54, 1.807) is 0 Å². The minimum atomic E-state index is 0.0527. The Morgan fingerprint density at radius 1 is 1.20 bits per heavy atom. The first-order chi connectivity index (χ1) is 12.0. The second-order valence-electron chi connectivity index (χ2n) is 6.78. The molecule has 1 amide bonds. The molecular weight excluding hydrogens is 314 g/mol. The molecule has 1 unspecified atom stereocenters. The third kappa shape index (κ3) is 5.65. The maximum Gasteiger partial charge on any atom is 0.223 e. The van der Waals surface area contributed by atoms with Crippen molar-refractivity contribution < 1.29 is 9.59 Å². The van der Waals surface area contributed by atoms with Crippen molar-refractivity contribution in [3.63, 3.8) is 0 Å². The molecular formula is C20H31N3O2. The van der Waals surface area contributed by atoms with Crippen LogP contribution < -0.4 is 10.6 Å². The number of Topliss-reactive ketones (excluding diaryl/α,β-unsaturated/α-hetero) is 1. The molecule has 0 radical (unpaired) electrons. The van der Waals surface area contributed by atoms with E-state index in [-0.39, 0.29) is 30.6 Å². The fraction of sp³-hybridized carbons (Fsp3) is 0.600. The molecule has 0 fully saturated rings. The monoisotopic (exact) mass is 345 g/mol. The van der Waals surface area contributed by atoms with Crippen molar-refractivity contribution in [2.45, 2.75) is 45.6 Å². The molecule has 2 rings (SSSR count). The van der Waals surface area contributed by atoms with Gasteiger partial charge in [0.15, 0.2) is 5.78 Å². The number of benzene rings is 1. The van der Waals surface area contributed by atoms with E-state index in [0.717, 1.165) is 31.5 Å². The predicted octanol–water partition coefficient (Wildman–Crippen LogP) is 1.79.